The van der Waals surface area contributed by atoms with E-state index in [1.807, 2.05) is 12.3 Å². The molecule has 3 aromatic rings. The molecule has 1 atom stereocenters. The van der Waals surface area contributed by atoms with Crippen molar-refractivity contribution >= 4 is 16.9 Å². The third-order valence-corrected chi connectivity index (χ3v) is 5.47. The van der Waals surface area contributed by atoms with Crippen LogP contribution >= 0.6 is 0 Å². The van der Waals surface area contributed by atoms with Crippen LogP contribution in [0.15, 0.2) is 48.9 Å². The second-order valence-electron chi connectivity index (χ2n) is 7.82. The molecule has 1 aliphatic heterocycles. The van der Waals surface area contributed by atoms with Gasteiger partial charge in [0.2, 0.25) is 0 Å². The molecule has 1 fully saturated rings. The molecule has 1 saturated heterocycles. The number of fused-ring (bicyclic) bond motifs is 1. The van der Waals surface area contributed by atoms with Gasteiger partial charge in [-0.2, -0.15) is 0 Å². The molecule has 1 unspecified atom stereocenters. The Morgan fingerprint density at radius 3 is 2.81 bits per heavy atom. The van der Waals surface area contributed by atoms with Gasteiger partial charge >= 0.3 is 0 Å². The number of aromatic nitrogens is 3. The SMILES string of the molecule is CC1(C)CC(CCNc2ncnc3cc[nH]c23)(c2ccccc2)CCO1. The maximum Gasteiger partial charge on any atom is 0.153 e. The number of benzene rings is 1. The second-order valence-corrected chi connectivity index (χ2v) is 7.82. The number of rotatable bonds is 5. The van der Waals surface area contributed by atoms with Crippen molar-refractivity contribution in [3.05, 3.63) is 54.5 Å². The smallest absolute Gasteiger partial charge is 0.153 e. The van der Waals surface area contributed by atoms with Crippen molar-refractivity contribution in [2.75, 3.05) is 18.5 Å². The molecule has 3 heterocycles. The van der Waals surface area contributed by atoms with Crippen LogP contribution in [0.2, 0.25) is 0 Å². The largest absolute Gasteiger partial charge is 0.376 e. The molecular weight excluding hydrogens is 324 g/mol. The number of hydrogen-bond donors (Lipinski definition) is 2. The van der Waals surface area contributed by atoms with Gasteiger partial charge in [0.15, 0.2) is 5.82 Å². The Morgan fingerprint density at radius 1 is 1.15 bits per heavy atom. The van der Waals surface area contributed by atoms with E-state index in [1.54, 1.807) is 6.33 Å². The standard InChI is InChI=1S/C21H26N4O/c1-20(2)14-21(10-13-26-20,16-6-4-3-5-7-16)9-12-23-19-18-17(8-11-22-18)24-15-25-19/h3-8,11,15,22H,9-10,12-14H2,1-2H3,(H,23,24,25). The molecule has 0 radical (unpaired) electrons. The minimum atomic E-state index is -0.101. The van der Waals surface area contributed by atoms with Gasteiger partial charge in [0.1, 0.15) is 11.8 Å². The fourth-order valence-corrected chi connectivity index (χ4v) is 4.30. The first-order chi connectivity index (χ1) is 12.6. The monoisotopic (exact) mass is 350 g/mol. The normalized spacial score (nSPS) is 22.4. The van der Waals surface area contributed by atoms with Crippen LogP contribution in [0.1, 0.15) is 38.7 Å². The molecule has 26 heavy (non-hydrogen) atoms. The van der Waals surface area contributed by atoms with E-state index in [-0.39, 0.29) is 11.0 Å². The van der Waals surface area contributed by atoms with Gasteiger partial charge in [0.05, 0.1) is 11.1 Å². The first kappa shape index (κ1) is 17.0. The lowest BCUT2D eigenvalue weighted by Gasteiger charge is -2.45. The summed E-state index contributed by atoms with van der Waals surface area (Å²) >= 11 is 0. The molecule has 2 N–H and O–H groups in total. The van der Waals surface area contributed by atoms with Crippen molar-refractivity contribution in [1.82, 2.24) is 15.0 Å². The van der Waals surface area contributed by atoms with Crippen LogP contribution in [0.25, 0.3) is 11.0 Å². The summed E-state index contributed by atoms with van der Waals surface area (Å²) in [5.41, 5.74) is 3.33. The van der Waals surface area contributed by atoms with Gasteiger partial charge < -0.3 is 15.0 Å². The lowest BCUT2D eigenvalue weighted by atomic mass is 9.67. The average molecular weight is 350 g/mol. The van der Waals surface area contributed by atoms with Gasteiger partial charge in [0.25, 0.3) is 0 Å². The first-order valence-electron chi connectivity index (χ1n) is 9.30. The number of aromatic amines is 1. The number of nitrogens with one attached hydrogen (secondary N) is 2. The third kappa shape index (κ3) is 3.31. The molecule has 2 aromatic heterocycles. The highest BCUT2D eigenvalue weighted by Gasteiger charge is 2.41. The second kappa shape index (κ2) is 6.72. The molecule has 4 rings (SSSR count). The minimum Gasteiger partial charge on any atom is -0.376 e. The number of H-pyrrole nitrogens is 1. The average Bonchev–Trinajstić information content (AvgIpc) is 3.11. The van der Waals surface area contributed by atoms with Crippen molar-refractivity contribution in [2.45, 2.75) is 44.1 Å². The molecule has 0 aliphatic carbocycles. The number of ether oxygens (including phenoxy) is 1. The Morgan fingerprint density at radius 2 is 2.00 bits per heavy atom. The maximum absolute atomic E-state index is 6.01. The predicted octanol–water partition coefficient (Wildman–Crippen LogP) is 4.29. The van der Waals surface area contributed by atoms with Crippen LogP contribution in [-0.4, -0.2) is 33.7 Å². The molecule has 0 saturated carbocycles. The van der Waals surface area contributed by atoms with Gasteiger partial charge in [-0.3, -0.25) is 0 Å². The van der Waals surface area contributed by atoms with Crippen molar-refractivity contribution in [1.29, 1.82) is 0 Å². The van der Waals surface area contributed by atoms with Crippen LogP contribution < -0.4 is 5.32 Å². The van der Waals surface area contributed by atoms with Crippen molar-refractivity contribution < 1.29 is 4.74 Å². The van der Waals surface area contributed by atoms with E-state index in [2.05, 4.69) is 64.4 Å². The van der Waals surface area contributed by atoms with Gasteiger partial charge in [-0.05, 0) is 44.7 Å². The summed E-state index contributed by atoms with van der Waals surface area (Å²) < 4.78 is 6.01. The van der Waals surface area contributed by atoms with Crippen molar-refractivity contribution in [3.8, 4) is 0 Å². The van der Waals surface area contributed by atoms with Crippen molar-refractivity contribution in [2.24, 2.45) is 0 Å². The molecule has 0 bridgehead atoms. The lowest BCUT2D eigenvalue weighted by molar-refractivity contribution is -0.0835. The molecule has 5 heteroatoms. The fraction of sp³-hybridized carbons (Fsp3) is 0.429. The molecule has 1 aromatic carbocycles. The Bertz CT molecular complexity index is 874. The first-order valence-corrected chi connectivity index (χ1v) is 9.30. The van der Waals surface area contributed by atoms with E-state index in [0.717, 1.165) is 49.3 Å². The quantitative estimate of drug-likeness (QED) is 0.721. The van der Waals surface area contributed by atoms with Crippen LogP contribution in [0, 0.1) is 0 Å². The number of hydrogen-bond acceptors (Lipinski definition) is 4. The van der Waals surface area contributed by atoms with Gasteiger partial charge in [-0.25, -0.2) is 9.97 Å². The predicted molar refractivity (Wildman–Crippen MR) is 104 cm³/mol. The van der Waals surface area contributed by atoms with Crippen LogP contribution in [-0.2, 0) is 10.2 Å². The molecule has 0 spiro atoms. The van der Waals surface area contributed by atoms with Gasteiger partial charge in [-0.1, -0.05) is 30.3 Å². The van der Waals surface area contributed by atoms with E-state index < -0.39 is 0 Å². The van der Waals surface area contributed by atoms with Crippen LogP contribution in [0.4, 0.5) is 5.82 Å². The number of anilines is 1. The highest BCUT2D eigenvalue weighted by atomic mass is 16.5. The molecule has 136 valence electrons. The molecular formula is C21H26N4O. The Kier molecular flexibility index (Phi) is 4.41. The minimum absolute atomic E-state index is 0.101. The van der Waals surface area contributed by atoms with E-state index >= 15 is 0 Å². The van der Waals surface area contributed by atoms with E-state index in [0.29, 0.717) is 0 Å². The topological polar surface area (TPSA) is 62.8 Å². The summed E-state index contributed by atoms with van der Waals surface area (Å²) in [4.78, 5) is 11.9. The van der Waals surface area contributed by atoms with E-state index in [1.165, 1.54) is 5.56 Å². The van der Waals surface area contributed by atoms with Gasteiger partial charge in [0, 0.05) is 24.8 Å². The Hall–Kier alpha value is -2.40. The summed E-state index contributed by atoms with van der Waals surface area (Å²) in [6.45, 7) is 6.06. The lowest BCUT2D eigenvalue weighted by Crippen LogP contribution is -2.44. The number of nitrogens with zero attached hydrogens (tertiary/aromatic N) is 2. The summed E-state index contributed by atoms with van der Waals surface area (Å²) in [7, 11) is 0. The highest BCUT2D eigenvalue weighted by Crippen LogP contribution is 2.43. The van der Waals surface area contributed by atoms with Crippen LogP contribution in [0.3, 0.4) is 0 Å². The Balaban J connectivity index is 1.55. The summed E-state index contributed by atoms with van der Waals surface area (Å²) in [6, 6.07) is 12.8. The summed E-state index contributed by atoms with van der Waals surface area (Å²) in [5, 5.41) is 3.52. The van der Waals surface area contributed by atoms with Gasteiger partial charge in [-0.15, -0.1) is 0 Å². The highest BCUT2D eigenvalue weighted by molar-refractivity contribution is 5.85. The zero-order valence-electron chi connectivity index (χ0n) is 15.5. The molecule has 5 nitrogen and oxygen atoms in total. The summed E-state index contributed by atoms with van der Waals surface area (Å²) in [5.74, 6) is 0.870. The molecule has 0 amide bonds. The molecule has 1 aliphatic rings. The third-order valence-electron chi connectivity index (χ3n) is 5.47. The summed E-state index contributed by atoms with van der Waals surface area (Å²) in [6.07, 6.45) is 6.62. The fourth-order valence-electron chi connectivity index (χ4n) is 4.30. The van der Waals surface area contributed by atoms with Crippen molar-refractivity contribution in [3.63, 3.8) is 0 Å². The zero-order chi connectivity index (χ0) is 18.0. The zero-order valence-corrected chi connectivity index (χ0v) is 15.5. The maximum atomic E-state index is 6.01. The van der Waals surface area contributed by atoms with E-state index in [4.69, 9.17) is 4.74 Å². The van der Waals surface area contributed by atoms with Crippen LogP contribution in [0.5, 0.6) is 0 Å². The Labute approximate surface area is 154 Å². The van der Waals surface area contributed by atoms with E-state index in [9.17, 15) is 0 Å².